The van der Waals surface area contributed by atoms with Crippen LogP contribution in [0.5, 0.6) is 0 Å². The van der Waals surface area contributed by atoms with Crippen molar-refractivity contribution < 1.29 is 9.53 Å². The highest BCUT2D eigenvalue weighted by Crippen LogP contribution is 2.40. The highest BCUT2D eigenvalue weighted by atomic mass is 32.1. The maximum Gasteiger partial charge on any atom is 0.264 e. The molecule has 2 atom stereocenters. The summed E-state index contributed by atoms with van der Waals surface area (Å²) in [5.41, 5.74) is 2.02. The van der Waals surface area contributed by atoms with Crippen molar-refractivity contribution in [3.63, 3.8) is 0 Å². The lowest BCUT2D eigenvalue weighted by molar-refractivity contribution is -0.0585. The molecule has 2 aliphatic rings. The minimum atomic E-state index is 0.0791. The summed E-state index contributed by atoms with van der Waals surface area (Å²) in [5, 5.41) is 1.06. The Labute approximate surface area is 146 Å². The van der Waals surface area contributed by atoms with Gasteiger partial charge in [0, 0.05) is 24.4 Å². The van der Waals surface area contributed by atoms with Crippen molar-refractivity contribution in [2.75, 3.05) is 13.1 Å². The molecule has 5 nitrogen and oxygen atoms in total. The van der Waals surface area contributed by atoms with E-state index in [4.69, 9.17) is 9.72 Å². The third kappa shape index (κ3) is 2.71. The van der Waals surface area contributed by atoms with Gasteiger partial charge in [-0.2, -0.15) is 0 Å². The molecule has 1 amide bonds. The zero-order valence-corrected chi connectivity index (χ0v) is 15.4. The Morgan fingerprint density at radius 2 is 1.83 bits per heavy atom. The van der Waals surface area contributed by atoms with Crippen LogP contribution in [-0.2, 0) is 4.74 Å². The van der Waals surface area contributed by atoms with Crippen LogP contribution in [0.3, 0.4) is 0 Å². The van der Waals surface area contributed by atoms with Crippen LogP contribution in [0, 0.1) is 13.8 Å². The first-order chi connectivity index (χ1) is 11.4. The number of rotatable bonds is 2. The molecule has 128 valence electrons. The minimum Gasteiger partial charge on any atom is -0.372 e. The van der Waals surface area contributed by atoms with E-state index in [1.54, 1.807) is 0 Å². The van der Waals surface area contributed by atoms with Crippen molar-refractivity contribution in [1.29, 1.82) is 0 Å². The monoisotopic (exact) mass is 345 g/mol. The Morgan fingerprint density at radius 1 is 1.17 bits per heavy atom. The molecule has 2 aromatic heterocycles. The van der Waals surface area contributed by atoms with E-state index in [9.17, 15) is 4.79 Å². The summed E-state index contributed by atoms with van der Waals surface area (Å²) < 4.78 is 5.75. The van der Waals surface area contributed by atoms with Crippen LogP contribution in [0.2, 0.25) is 0 Å². The first kappa shape index (κ1) is 16.0. The minimum absolute atomic E-state index is 0.0791. The SMILES string of the molecule is Cc1nc(C2CC2)nc2sc(C(=O)N3CC(C)OC(C)C3)c(C)c12. The number of ether oxygens (including phenoxy) is 1. The van der Waals surface area contributed by atoms with Gasteiger partial charge in [-0.05, 0) is 46.1 Å². The van der Waals surface area contributed by atoms with Crippen LogP contribution in [0.4, 0.5) is 0 Å². The normalized spacial score (nSPS) is 24.6. The van der Waals surface area contributed by atoms with Crippen LogP contribution in [0.25, 0.3) is 10.2 Å². The largest absolute Gasteiger partial charge is 0.372 e. The Balaban J connectivity index is 1.72. The number of aryl methyl sites for hydroxylation is 2. The van der Waals surface area contributed by atoms with Gasteiger partial charge in [0.05, 0.1) is 22.8 Å². The molecule has 4 rings (SSSR count). The molecule has 0 bridgehead atoms. The summed E-state index contributed by atoms with van der Waals surface area (Å²) in [6, 6.07) is 0. The van der Waals surface area contributed by atoms with E-state index >= 15 is 0 Å². The van der Waals surface area contributed by atoms with E-state index in [-0.39, 0.29) is 18.1 Å². The maximum absolute atomic E-state index is 13.1. The fraction of sp³-hybridized carbons (Fsp3) is 0.611. The smallest absolute Gasteiger partial charge is 0.264 e. The third-order valence-electron chi connectivity index (χ3n) is 4.83. The average molecular weight is 345 g/mol. The Bertz CT molecular complexity index is 802. The summed E-state index contributed by atoms with van der Waals surface area (Å²) in [4.78, 5) is 26.2. The van der Waals surface area contributed by atoms with E-state index in [1.165, 1.54) is 24.2 Å². The van der Waals surface area contributed by atoms with Crippen LogP contribution in [0.15, 0.2) is 0 Å². The molecule has 2 aromatic rings. The van der Waals surface area contributed by atoms with E-state index < -0.39 is 0 Å². The predicted octanol–water partition coefficient (Wildman–Crippen LogP) is 3.43. The number of fused-ring (bicyclic) bond motifs is 1. The van der Waals surface area contributed by atoms with Gasteiger partial charge < -0.3 is 9.64 Å². The van der Waals surface area contributed by atoms with Gasteiger partial charge in [0.2, 0.25) is 0 Å². The summed E-state index contributed by atoms with van der Waals surface area (Å²) in [5.74, 6) is 1.58. The first-order valence-corrected chi connectivity index (χ1v) is 9.48. The second-order valence-corrected chi connectivity index (χ2v) is 8.14. The number of hydrogen-bond donors (Lipinski definition) is 0. The number of nitrogens with zero attached hydrogens (tertiary/aromatic N) is 3. The number of thiophene rings is 1. The zero-order valence-electron chi connectivity index (χ0n) is 14.6. The highest BCUT2D eigenvalue weighted by Gasteiger charge is 2.31. The van der Waals surface area contributed by atoms with Crippen molar-refractivity contribution in [2.45, 2.75) is 58.7 Å². The summed E-state index contributed by atoms with van der Waals surface area (Å²) in [6.45, 7) is 9.38. The van der Waals surface area contributed by atoms with Gasteiger partial charge in [0.1, 0.15) is 10.7 Å². The maximum atomic E-state index is 13.1. The van der Waals surface area contributed by atoms with Crippen LogP contribution in [0.1, 0.15) is 59.4 Å². The van der Waals surface area contributed by atoms with Crippen molar-refractivity contribution in [2.24, 2.45) is 0 Å². The van der Waals surface area contributed by atoms with E-state index in [2.05, 4.69) is 4.98 Å². The second-order valence-electron chi connectivity index (χ2n) is 7.15. The Kier molecular flexibility index (Phi) is 3.84. The highest BCUT2D eigenvalue weighted by molar-refractivity contribution is 7.20. The van der Waals surface area contributed by atoms with Crippen molar-refractivity contribution >= 4 is 27.5 Å². The molecule has 0 N–H and O–H groups in total. The van der Waals surface area contributed by atoms with Gasteiger partial charge in [0.25, 0.3) is 5.91 Å². The molecular weight excluding hydrogens is 322 g/mol. The van der Waals surface area contributed by atoms with Crippen molar-refractivity contribution in [3.8, 4) is 0 Å². The average Bonchev–Trinajstić information content (AvgIpc) is 3.30. The molecular formula is C18H23N3O2S. The summed E-state index contributed by atoms with van der Waals surface area (Å²) >= 11 is 1.52. The molecule has 1 aliphatic heterocycles. The predicted molar refractivity (Wildman–Crippen MR) is 94.8 cm³/mol. The molecule has 1 aliphatic carbocycles. The third-order valence-corrected chi connectivity index (χ3v) is 6.01. The van der Waals surface area contributed by atoms with E-state index in [0.717, 1.165) is 32.2 Å². The molecule has 3 heterocycles. The molecule has 1 saturated carbocycles. The number of carbonyl (C=O) groups excluding carboxylic acids is 1. The van der Waals surface area contributed by atoms with Gasteiger partial charge in [0.15, 0.2) is 0 Å². The number of morpholine rings is 1. The lowest BCUT2D eigenvalue weighted by Crippen LogP contribution is -2.48. The molecule has 0 radical (unpaired) electrons. The Morgan fingerprint density at radius 3 is 2.46 bits per heavy atom. The van der Waals surface area contributed by atoms with Gasteiger partial charge in [-0.3, -0.25) is 4.79 Å². The summed E-state index contributed by atoms with van der Waals surface area (Å²) in [6.07, 6.45) is 2.53. The van der Waals surface area contributed by atoms with Crippen molar-refractivity contribution in [3.05, 3.63) is 22.0 Å². The molecule has 24 heavy (non-hydrogen) atoms. The number of amides is 1. The van der Waals surface area contributed by atoms with Crippen LogP contribution >= 0.6 is 11.3 Å². The molecule has 2 fully saturated rings. The zero-order chi connectivity index (χ0) is 17.0. The topological polar surface area (TPSA) is 55.3 Å². The molecule has 0 spiro atoms. The van der Waals surface area contributed by atoms with Crippen molar-refractivity contribution in [1.82, 2.24) is 14.9 Å². The van der Waals surface area contributed by atoms with Gasteiger partial charge in [-0.1, -0.05) is 0 Å². The first-order valence-electron chi connectivity index (χ1n) is 8.66. The standard InChI is InChI=1S/C18H23N3O2S/c1-9-7-21(8-10(2)23-9)18(22)15-11(3)14-12(4)19-16(13-5-6-13)20-17(14)24-15/h9-10,13H,5-8H2,1-4H3. The Hall–Kier alpha value is -1.53. The number of aromatic nitrogens is 2. The van der Waals surface area contributed by atoms with Gasteiger partial charge >= 0.3 is 0 Å². The lowest BCUT2D eigenvalue weighted by Gasteiger charge is -2.35. The van der Waals surface area contributed by atoms with E-state index in [0.29, 0.717) is 19.0 Å². The van der Waals surface area contributed by atoms with Crippen LogP contribution < -0.4 is 0 Å². The quantitative estimate of drug-likeness (QED) is 0.837. The number of carbonyl (C=O) groups is 1. The molecule has 1 saturated heterocycles. The molecule has 0 aromatic carbocycles. The lowest BCUT2D eigenvalue weighted by atomic mass is 10.1. The summed E-state index contributed by atoms with van der Waals surface area (Å²) in [7, 11) is 0. The fourth-order valence-electron chi connectivity index (χ4n) is 3.58. The number of hydrogen-bond acceptors (Lipinski definition) is 5. The molecule has 2 unspecified atom stereocenters. The van der Waals surface area contributed by atoms with E-state index in [1.807, 2.05) is 32.6 Å². The second kappa shape index (κ2) is 5.77. The van der Waals surface area contributed by atoms with Gasteiger partial charge in [-0.15, -0.1) is 11.3 Å². The molecule has 6 heteroatoms. The van der Waals surface area contributed by atoms with Crippen LogP contribution in [-0.4, -0.2) is 46.1 Å². The fourth-order valence-corrected chi connectivity index (χ4v) is 4.78. The van der Waals surface area contributed by atoms with Gasteiger partial charge in [-0.25, -0.2) is 9.97 Å².